The number of hydrogen-bond acceptors (Lipinski definition) is 3. The Bertz CT molecular complexity index is 348. The molecule has 0 aliphatic heterocycles. The highest BCUT2D eigenvalue weighted by atomic mass is 35.5. The average molecular weight is 292 g/mol. The third-order valence-electron chi connectivity index (χ3n) is 2.40. The van der Waals surface area contributed by atoms with E-state index in [9.17, 15) is 0 Å². The molecular formula is C13H19Cl2NO2. The van der Waals surface area contributed by atoms with Gasteiger partial charge in [0.2, 0.25) is 0 Å². The molecule has 1 aromatic rings. The summed E-state index contributed by atoms with van der Waals surface area (Å²) in [4.78, 5) is 0. The molecule has 0 radical (unpaired) electrons. The predicted molar refractivity (Wildman–Crippen MR) is 75.5 cm³/mol. The van der Waals surface area contributed by atoms with Crippen molar-refractivity contribution in [2.24, 2.45) is 0 Å². The number of rotatable bonds is 9. The van der Waals surface area contributed by atoms with E-state index in [0.29, 0.717) is 18.2 Å². The zero-order valence-electron chi connectivity index (χ0n) is 10.5. The van der Waals surface area contributed by atoms with Crippen LogP contribution in [0.2, 0.25) is 10.0 Å². The van der Waals surface area contributed by atoms with Gasteiger partial charge in [-0.05, 0) is 36.7 Å². The van der Waals surface area contributed by atoms with Crippen molar-refractivity contribution in [1.29, 1.82) is 0 Å². The van der Waals surface area contributed by atoms with Crippen molar-refractivity contribution in [3.8, 4) is 0 Å². The maximum absolute atomic E-state index is 6.06. The summed E-state index contributed by atoms with van der Waals surface area (Å²) in [5, 5.41) is 4.75. The second-order valence-corrected chi connectivity index (χ2v) is 4.71. The molecule has 0 spiro atoms. The maximum atomic E-state index is 6.06. The fraction of sp³-hybridized carbons (Fsp3) is 0.538. The number of methoxy groups -OCH3 is 1. The fourth-order valence-corrected chi connectivity index (χ4v) is 1.82. The lowest BCUT2D eigenvalue weighted by atomic mass is 10.2. The summed E-state index contributed by atoms with van der Waals surface area (Å²) in [6.45, 7) is 3.63. The Labute approximate surface area is 118 Å². The Balaban J connectivity index is 2.09. The van der Waals surface area contributed by atoms with E-state index in [-0.39, 0.29) is 0 Å². The van der Waals surface area contributed by atoms with E-state index in [1.54, 1.807) is 13.2 Å². The molecule has 0 aliphatic carbocycles. The van der Waals surface area contributed by atoms with Crippen LogP contribution in [0.25, 0.3) is 0 Å². The molecular weight excluding hydrogens is 273 g/mol. The summed E-state index contributed by atoms with van der Waals surface area (Å²) >= 11 is 12.0. The van der Waals surface area contributed by atoms with Crippen LogP contribution in [0.5, 0.6) is 0 Å². The minimum Gasteiger partial charge on any atom is -0.382 e. The lowest BCUT2D eigenvalue weighted by Crippen LogP contribution is -2.17. The topological polar surface area (TPSA) is 30.5 Å². The van der Waals surface area contributed by atoms with Gasteiger partial charge in [0, 0.05) is 30.3 Å². The first kappa shape index (κ1) is 15.7. The van der Waals surface area contributed by atoms with Crippen LogP contribution in [0.1, 0.15) is 12.0 Å². The van der Waals surface area contributed by atoms with Gasteiger partial charge in [-0.1, -0.05) is 23.2 Å². The largest absolute Gasteiger partial charge is 0.382 e. The fourth-order valence-electron chi connectivity index (χ4n) is 1.45. The summed E-state index contributed by atoms with van der Waals surface area (Å²) in [5.74, 6) is 0. The molecule has 0 bridgehead atoms. The molecule has 0 aliphatic rings. The summed E-state index contributed by atoms with van der Waals surface area (Å²) < 4.78 is 10.2. The van der Waals surface area contributed by atoms with Crippen LogP contribution >= 0.6 is 23.2 Å². The van der Waals surface area contributed by atoms with E-state index >= 15 is 0 Å². The smallest absolute Gasteiger partial charge is 0.0700 e. The monoisotopic (exact) mass is 291 g/mol. The zero-order chi connectivity index (χ0) is 13.2. The molecule has 18 heavy (non-hydrogen) atoms. The normalized spacial score (nSPS) is 10.8. The van der Waals surface area contributed by atoms with Crippen LogP contribution in [0, 0.1) is 0 Å². The molecule has 102 valence electrons. The highest BCUT2D eigenvalue weighted by Gasteiger charge is 2.00. The summed E-state index contributed by atoms with van der Waals surface area (Å²) in [6.07, 6.45) is 0.960. The van der Waals surface area contributed by atoms with E-state index in [4.69, 9.17) is 32.7 Å². The Morgan fingerprint density at radius 1 is 1.17 bits per heavy atom. The molecule has 0 fully saturated rings. The number of hydrogen-bond donors (Lipinski definition) is 1. The van der Waals surface area contributed by atoms with E-state index in [1.165, 1.54) is 0 Å². The van der Waals surface area contributed by atoms with Crippen molar-refractivity contribution in [2.45, 2.75) is 13.0 Å². The van der Waals surface area contributed by atoms with E-state index in [0.717, 1.165) is 36.7 Å². The molecule has 0 heterocycles. The number of halogens is 2. The number of ether oxygens (including phenoxy) is 2. The van der Waals surface area contributed by atoms with Crippen molar-refractivity contribution < 1.29 is 9.47 Å². The summed E-state index contributed by atoms with van der Waals surface area (Å²) in [5.41, 5.74) is 1.02. The molecule has 0 saturated heterocycles. The van der Waals surface area contributed by atoms with Gasteiger partial charge in [0.15, 0.2) is 0 Å². The van der Waals surface area contributed by atoms with Gasteiger partial charge in [0.25, 0.3) is 0 Å². The SMILES string of the molecule is COCCOCCCNCc1cc(Cl)ccc1Cl. The molecule has 3 nitrogen and oxygen atoms in total. The molecule has 1 N–H and O–H groups in total. The van der Waals surface area contributed by atoms with Crippen LogP contribution < -0.4 is 5.32 Å². The third kappa shape index (κ3) is 6.57. The second-order valence-electron chi connectivity index (χ2n) is 3.87. The quantitative estimate of drug-likeness (QED) is 0.709. The second kappa shape index (κ2) is 9.59. The van der Waals surface area contributed by atoms with E-state index in [2.05, 4.69) is 5.32 Å². The lowest BCUT2D eigenvalue weighted by Gasteiger charge is -2.07. The molecule has 5 heteroatoms. The zero-order valence-corrected chi connectivity index (χ0v) is 12.1. The Kier molecular flexibility index (Phi) is 8.38. The van der Waals surface area contributed by atoms with Crippen LogP contribution in [-0.4, -0.2) is 33.5 Å². The maximum Gasteiger partial charge on any atom is 0.0700 e. The van der Waals surface area contributed by atoms with Crippen molar-refractivity contribution in [3.05, 3.63) is 33.8 Å². The van der Waals surface area contributed by atoms with Gasteiger partial charge >= 0.3 is 0 Å². The molecule has 0 saturated carbocycles. The van der Waals surface area contributed by atoms with Crippen LogP contribution in [0.15, 0.2) is 18.2 Å². The van der Waals surface area contributed by atoms with Crippen molar-refractivity contribution in [2.75, 3.05) is 33.5 Å². The van der Waals surface area contributed by atoms with E-state index in [1.807, 2.05) is 12.1 Å². The molecule has 0 aromatic heterocycles. The van der Waals surface area contributed by atoms with Crippen molar-refractivity contribution in [3.63, 3.8) is 0 Å². The van der Waals surface area contributed by atoms with E-state index < -0.39 is 0 Å². The molecule has 1 rings (SSSR count). The molecule has 0 unspecified atom stereocenters. The van der Waals surface area contributed by atoms with Gasteiger partial charge < -0.3 is 14.8 Å². The van der Waals surface area contributed by atoms with Gasteiger partial charge in [-0.25, -0.2) is 0 Å². The van der Waals surface area contributed by atoms with Gasteiger partial charge in [-0.3, -0.25) is 0 Å². The van der Waals surface area contributed by atoms with Gasteiger partial charge in [-0.2, -0.15) is 0 Å². The first-order valence-corrected chi connectivity index (χ1v) is 6.71. The first-order chi connectivity index (χ1) is 8.74. The van der Waals surface area contributed by atoms with Gasteiger partial charge in [0.05, 0.1) is 13.2 Å². The minimum atomic E-state index is 0.644. The molecule has 0 atom stereocenters. The molecule has 1 aromatic carbocycles. The van der Waals surface area contributed by atoms with Crippen molar-refractivity contribution >= 4 is 23.2 Å². The third-order valence-corrected chi connectivity index (χ3v) is 3.00. The van der Waals surface area contributed by atoms with Crippen molar-refractivity contribution in [1.82, 2.24) is 5.32 Å². The highest BCUT2D eigenvalue weighted by Crippen LogP contribution is 2.20. The summed E-state index contributed by atoms with van der Waals surface area (Å²) in [6, 6.07) is 5.48. The van der Waals surface area contributed by atoms with Crippen LogP contribution in [0.3, 0.4) is 0 Å². The highest BCUT2D eigenvalue weighted by molar-refractivity contribution is 6.33. The molecule has 0 amide bonds. The van der Waals surface area contributed by atoms with Crippen LogP contribution in [0.4, 0.5) is 0 Å². The Morgan fingerprint density at radius 2 is 2.00 bits per heavy atom. The first-order valence-electron chi connectivity index (χ1n) is 5.95. The Hall–Kier alpha value is -0.320. The number of benzene rings is 1. The average Bonchev–Trinajstić information content (AvgIpc) is 2.36. The summed E-state index contributed by atoms with van der Waals surface area (Å²) in [7, 11) is 1.67. The number of nitrogens with one attached hydrogen (secondary N) is 1. The predicted octanol–water partition coefficient (Wildman–Crippen LogP) is 3.14. The van der Waals surface area contributed by atoms with Crippen LogP contribution in [-0.2, 0) is 16.0 Å². The van der Waals surface area contributed by atoms with Gasteiger partial charge in [-0.15, -0.1) is 0 Å². The minimum absolute atomic E-state index is 0.644. The lowest BCUT2D eigenvalue weighted by molar-refractivity contribution is 0.0695. The Morgan fingerprint density at radius 3 is 2.78 bits per heavy atom. The van der Waals surface area contributed by atoms with Gasteiger partial charge in [0.1, 0.15) is 0 Å². The standard InChI is InChI=1S/C13H19Cl2NO2/c1-17-7-8-18-6-2-5-16-10-11-9-12(14)3-4-13(11)15/h3-4,9,16H,2,5-8,10H2,1H3.